The van der Waals surface area contributed by atoms with E-state index < -0.39 is 0 Å². The molecule has 2 aromatic heterocycles. The summed E-state index contributed by atoms with van der Waals surface area (Å²) in [6.45, 7) is 3.91. The van der Waals surface area contributed by atoms with E-state index in [2.05, 4.69) is 27.1 Å². The molecule has 0 amide bonds. The summed E-state index contributed by atoms with van der Waals surface area (Å²) in [4.78, 5) is 20.1. The molecule has 0 aliphatic heterocycles. The first-order valence-electron chi connectivity index (χ1n) is 6.04. The molecule has 0 aromatic carbocycles. The van der Waals surface area contributed by atoms with Gasteiger partial charge in [-0.2, -0.15) is 14.5 Å². The third kappa shape index (κ3) is 2.61. The Hall–Kier alpha value is -2.05. The van der Waals surface area contributed by atoms with E-state index in [4.69, 9.17) is 0 Å². The molecule has 0 spiro atoms. The summed E-state index contributed by atoms with van der Waals surface area (Å²) in [5.74, 6) is 1.27. The molecule has 0 radical (unpaired) electrons. The largest absolute Gasteiger partial charge is 0.372 e. The highest BCUT2D eigenvalue weighted by molar-refractivity contribution is 5.77. The van der Waals surface area contributed by atoms with E-state index in [-0.39, 0.29) is 6.03 Å². The fourth-order valence-electron chi connectivity index (χ4n) is 1.71. The van der Waals surface area contributed by atoms with E-state index >= 15 is 0 Å². The van der Waals surface area contributed by atoms with Gasteiger partial charge >= 0.3 is 6.03 Å². The van der Waals surface area contributed by atoms with Gasteiger partial charge in [-0.15, -0.1) is 5.10 Å². The Kier molecular flexibility index (Phi) is 3.81. The van der Waals surface area contributed by atoms with Crippen LogP contribution in [0.2, 0.25) is 0 Å². The molecule has 2 aromatic rings. The number of aromatic nitrogens is 6. The van der Waals surface area contributed by atoms with E-state index in [1.807, 2.05) is 0 Å². The first-order valence-corrected chi connectivity index (χ1v) is 6.04. The fourth-order valence-corrected chi connectivity index (χ4v) is 1.71. The van der Waals surface area contributed by atoms with E-state index in [0.717, 1.165) is 30.4 Å². The lowest BCUT2D eigenvalue weighted by Crippen LogP contribution is -2.23. The molecular formula is C11H16N6O. The van der Waals surface area contributed by atoms with Crippen LogP contribution >= 0.6 is 0 Å². The van der Waals surface area contributed by atoms with Crippen LogP contribution in [0.3, 0.4) is 0 Å². The Morgan fingerprint density at radius 3 is 2.89 bits per heavy atom. The minimum absolute atomic E-state index is 0.348. The molecule has 2 rings (SSSR count). The zero-order valence-corrected chi connectivity index (χ0v) is 10.6. The highest BCUT2D eigenvalue weighted by atomic mass is 16.2. The van der Waals surface area contributed by atoms with Gasteiger partial charge in [-0.3, -0.25) is 0 Å². The van der Waals surface area contributed by atoms with Gasteiger partial charge in [0, 0.05) is 6.42 Å². The molecule has 0 saturated carbocycles. The normalized spacial score (nSPS) is 10.8. The summed E-state index contributed by atoms with van der Waals surface area (Å²) in [6.07, 6.45) is 6.66. The standard InChI is InChI=1S/C11H16N6O/c1-3-4-5-6-10-14-9(2)15-17(10)11(18)16-8-12-7-13-16/h7-8H,3-6H2,1-2H3. The van der Waals surface area contributed by atoms with Gasteiger partial charge in [-0.25, -0.2) is 14.8 Å². The summed E-state index contributed by atoms with van der Waals surface area (Å²) >= 11 is 0. The van der Waals surface area contributed by atoms with E-state index in [1.165, 1.54) is 17.3 Å². The zero-order chi connectivity index (χ0) is 13.0. The van der Waals surface area contributed by atoms with Crippen molar-refractivity contribution in [1.82, 2.24) is 29.5 Å². The number of rotatable bonds is 4. The first-order chi connectivity index (χ1) is 8.72. The van der Waals surface area contributed by atoms with Crippen molar-refractivity contribution >= 4 is 6.03 Å². The molecule has 0 bridgehead atoms. The van der Waals surface area contributed by atoms with Gasteiger partial charge in [0.25, 0.3) is 0 Å². The van der Waals surface area contributed by atoms with Crippen LogP contribution in [0.25, 0.3) is 0 Å². The topological polar surface area (TPSA) is 78.5 Å². The number of hydrogen-bond donors (Lipinski definition) is 0. The van der Waals surface area contributed by atoms with Gasteiger partial charge in [0.15, 0.2) is 0 Å². The average molecular weight is 248 g/mol. The second-order valence-corrected chi connectivity index (χ2v) is 4.07. The Bertz CT molecular complexity index is 516. The van der Waals surface area contributed by atoms with E-state index in [9.17, 15) is 4.79 Å². The molecule has 0 fully saturated rings. The predicted molar refractivity (Wildman–Crippen MR) is 64.2 cm³/mol. The van der Waals surface area contributed by atoms with Crippen LogP contribution in [0, 0.1) is 6.92 Å². The SMILES string of the molecule is CCCCCc1nc(C)nn1C(=O)n1cncn1. The van der Waals surface area contributed by atoms with Crippen LogP contribution in [0.1, 0.15) is 37.8 Å². The quantitative estimate of drug-likeness (QED) is 0.765. The number of nitrogens with zero attached hydrogens (tertiary/aromatic N) is 6. The molecule has 0 aliphatic rings. The van der Waals surface area contributed by atoms with Crippen LogP contribution < -0.4 is 0 Å². The third-order valence-corrected chi connectivity index (χ3v) is 2.58. The molecule has 18 heavy (non-hydrogen) atoms. The average Bonchev–Trinajstić information content (AvgIpc) is 2.98. The minimum atomic E-state index is -0.348. The van der Waals surface area contributed by atoms with E-state index in [0.29, 0.717) is 11.6 Å². The molecule has 0 saturated heterocycles. The van der Waals surface area contributed by atoms with Crippen molar-refractivity contribution in [2.24, 2.45) is 0 Å². The Labute approximate surface area is 105 Å². The number of carbonyl (C=O) groups is 1. The summed E-state index contributed by atoms with van der Waals surface area (Å²) in [7, 11) is 0. The van der Waals surface area contributed by atoms with Crippen molar-refractivity contribution in [3.05, 3.63) is 24.3 Å². The monoisotopic (exact) mass is 248 g/mol. The van der Waals surface area contributed by atoms with Gasteiger partial charge in [0.1, 0.15) is 24.3 Å². The number of carbonyl (C=O) groups excluding carboxylic acids is 1. The van der Waals surface area contributed by atoms with Gasteiger partial charge in [0.05, 0.1) is 0 Å². The zero-order valence-electron chi connectivity index (χ0n) is 10.6. The highest BCUT2D eigenvalue weighted by Gasteiger charge is 2.16. The summed E-state index contributed by atoms with van der Waals surface area (Å²) in [5.41, 5.74) is 0. The molecule has 2 heterocycles. The highest BCUT2D eigenvalue weighted by Crippen LogP contribution is 2.06. The van der Waals surface area contributed by atoms with Crippen molar-refractivity contribution in [2.75, 3.05) is 0 Å². The molecule has 7 heteroatoms. The van der Waals surface area contributed by atoms with Gasteiger partial charge in [-0.05, 0) is 13.3 Å². The molecule has 0 atom stereocenters. The third-order valence-electron chi connectivity index (χ3n) is 2.58. The van der Waals surface area contributed by atoms with Gasteiger partial charge in [-0.1, -0.05) is 19.8 Å². The van der Waals surface area contributed by atoms with E-state index in [1.54, 1.807) is 6.92 Å². The maximum Gasteiger partial charge on any atom is 0.372 e. The number of aryl methyl sites for hydroxylation is 2. The summed E-state index contributed by atoms with van der Waals surface area (Å²) < 4.78 is 2.46. The molecule has 0 aliphatic carbocycles. The first kappa shape index (κ1) is 12.4. The Balaban J connectivity index is 2.19. The second-order valence-electron chi connectivity index (χ2n) is 4.07. The van der Waals surface area contributed by atoms with Crippen molar-refractivity contribution in [3.8, 4) is 0 Å². The molecule has 7 nitrogen and oxygen atoms in total. The van der Waals surface area contributed by atoms with Crippen LogP contribution in [-0.2, 0) is 6.42 Å². The van der Waals surface area contributed by atoms with Crippen LogP contribution in [-0.4, -0.2) is 35.6 Å². The minimum Gasteiger partial charge on any atom is -0.243 e. The Morgan fingerprint density at radius 2 is 2.22 bits per heavy atom. The number of unbranched alkanes of at least 4 members (excludes halogenated alkanes) is 2. The maximum absolute atomic E-state index is 12.1. The van der Waals surface area contributed by atoms with Crippen LogP contribution in [0.4, 0.5) is 4.79 Å². The smallest absolute Gasteiger partial charge is 0.243 e. The lowest BCUT2D eigenvalue weighted by Gasteiger charge is -2.03. The second kappa shape index (κ2) is 5.52. The maximum atomic E-state index is 12.1. The van der Waals surface area contributed by atoms with Crippen molar-refractivity contribution in [3.63, 3.8) is 0 Å². The number of hydrogen-bond acceptors (Lipinski definition) is 5. The van der Waals surface area contributed by atoms with Crippen LogP contribution in [0.15, 0.2) is 12.7 Å². The van der Waals surface area contributed by atoms with Crippen molar-refractivity contribution in [2.45, 2.75) is 39.5 Å². The Morgan fingerprint density at radius 1 is 1.39 bits per heavy atom. The van der Waals surface area contributed by atoms with Crippen molar-refractivity contribution < 1.29 is 4.79 Å². The van der Waals surface area contributed by atoms with Gasteiger partial charge in [0.2, 0.25) is 0 Å². The van der Waals surface area contributed by atoms with Crippen LogP contribution in [0.5, 0.6) is 0 Å². The lowest BCUT2D eigenvalue weighted by atomic mass is 10.2. The predicted octanol–water partition coefficient (Wildman–Crippen LogP) is 1.43. The molecule has 0 unspecified atom stereocenters. The summed E-state index contributed by atoms with van der Waals surface area (Å²) in [6, 6.07) is -0.348. The summed E-state index contributed by atoms with van der Waals surface area (Å²) in [5, 5.41) is 7.92. The van der Waals surface area contributed by atoms with Crippen molar-refractivity contribution in [1.29, 1.82) is 0 Å². The van der Waals surface area contributed by atoms with Gasteiger partial charge < -0.3 is 0 Å². The molecule has 0 N–H and O–H groups in total. The lowest BCUT2D eigenvalue weighted by molar-refractivity contribution is 0.237. The fraction of sp³-hybridized carbons (Fsp3) is 0.545. The molecular weight excluding hydrogens is 232 g/mol. The molecule has 96 valence electrons.